The molecule has 2 amide bonds. The largest absolute Gasteiger partial charge is 0.434 e. The van der Waals surface area contributed by atoms with Gasteiger partial charge >= 0.3 is 6.09 Å². The van der Waals surface area contributed by atoms with E-state index in [0.717, 1.165) is 17.0 Å². The average Bonchev–Trinajstić information content (AvgIpc) is 2.90. The Kier molecular flexibility index (Phi) is 4.40. The van der Waals surface area contributed by atoms with E-state index in [1.807, 2.05) is 0 Å². The van der Waals surface area contributed by atoms with Crippen molar-refractivity contribution in [2.45, 2.75) is 24.9 Å². The number of carbonyl (C=O) groups excluding carboxylic acids is 2. The van der Waals surface area contributed by atoms with Crippen molar-refractivity contribution in [3.63, 3.8) is 0 Å². The first kappa shape index (κ1) is 17.6. The molecule has 2 N–H and O–H groups in total. The van der Waals surface area contributed by atoms with E-state index in [1.54, 1.807) is 0 Å². The van der Waals surface area contributed by atoms with E-state index in [0.29, 0.717) is 0 Å². The molecule has 2 saturated heterocycles. The maximum absolute atomic E-state index is 14.5. The lowest BCUT2D eigenvalue weighted by atomic mass is 9.92. The summed E-state index contributed by atoms with van der Waals surface area (Å²) in [6, 6.07) is 1.96. The lowest BCUT2D eigenvalue weighted by molar-refractivity contribution is -0.124. The van der Waals surface area contributed by atoms with Crippen molar-refractivity contribution >= 4 is 27.5 Å². The van der Waals surface area contributed by atoms with Crippen molar-refractivity contribution in [3.05, 3.63) is 29.3 Å². The highest BCUT2D eigenvalue weighted by Crippen LogP contribution is 2.35. The van der Waals surface area contributed by atoms with Crippen molar-refractivity contribution in [2.75, 3.05) is 23.0 Å². The Morgan fingerprint density at radius 3 is 2.24 bits per heavy atom. The zero-order valence-corrected chi connectivity index (χ0v) is 13.9. The summed E-state index contributed by atoms with van der Waals surface area (Å²) >= 11 is 0. The lowest BCUT2D eigenvalue weighted by Gasteiger charge is -2.24. The van der Waals surface area contributed by atoms with Crippen LogP contribution in [0.4, 0.5) is 19.3 Å². The number of hydrogen-bond donors (Lipinski definition) is 1. The smallest absolute Gasteiger partial charge is 0.415 e. The maximum Gasteiger partial charge on any atom is 0.415 e. The Labute approximate surface area is 142 Å². The number of benzene rings is 1. The van der Waals surface area contributed by atoms with E-state index in [-0.39, 0.29) is 42.1 Å². The number of rotatable bonds is 3. The molecule has 1 aromatic rings. The molecule has 2 aliphatic heterocycles. The summed E-state index contributed by atoms with van der Waals surface area (Å²) in [7, 11) is -3.15. The molecular formula is C15H16F2N2O5S. The fraction of sp³-hybridized carbons (Fsp3) is 0.467. The van der Waals surface area contributed by atoms with Gasteiger partial charge in [0.2, 0.25) is 0 Å². The summed E-state index contributed by atoms with van der Waals surface area (Å²) in [6.07, 6.45) is -1.81. The molecule has 0 aliphatic carbocycles. The first-order chi connectivity index (χ1) is 11.7. The van der Waals surface area contributed by atoms with E-state index in [2.05, 4.69) is 0 Å². The van der Waals surface area contributed by atoms with Crippen LogP contribution in [0, 0.1) is 11.6 Å². The SMILES string of the molecule is NC(=O)C1CN(c2cc(F)c(C3CCS(=O)(=O)CC3)c(F)c2)C(=O)O1. The molecule has 0 bridgehead atoms. The topological polar surface area (TPSA) is 107 Å². The second-order valence-electron chi connectivity index (χ2n) is 6.13. The predicted molar refractivity (Wildman–Crippen MR) is 83.8 cm³/mol. The molecule has 1 atom stereocenters. The van der Waals surface area contributed by atoms with Crippen LogP contribution in [0.3, 0.4) is 0 Å². The summed E-state index contributed by atoms with van der Waals surface area (Å²) in [6.45, 7) is -0.228. The standard InChI is InChI=1S/C15H16F2N2O5S/c16-10-5-9(19-7-12(14(18)20)24-15(19)21)6-11(17)13(10)8-1-3-25(22,23)4-2-8/h5-6,8,12H,1-4,7H2,(H2,18,20). The fourth-order valence-electron chi connectivity index (χ4n) is 3.12. The zero-order chi connectivity index (χ0) is 18.4. The summed E-state index contributed by atoms with van der Waals surface area (Å²) in [5, 5.41) is 0. The van der Waals surface area contributed by atoms with Crippen LogP contribution in [0.25, 0.3) is 0 Å². The highest BCUT2D eigenvalue weighted by molar-refractivity contribution is 7.91. The van der Waals surface area contributed by atoms with Crippen molar-refractivity contribution in [3.8, 4) is 0 Å². The van der Waals surface area contributed by atoms with E-state index in [1.165, 1.54) is 0 Å². The van der Waals surface area contributed by atoms with Gasteiger partial charge in [0.25, 0.3) is 5.91 Å². The monoisotopic (exact) mass is 374 g/mol. The van der Waals surface area contributed by atoms with Crippen LogP contribution < -0.4 is 10.6 Å². The molecule has 0 saturated carbocycles. The van der Waals surface area contributed by atoms with Crippen molar-refractivity contribution in [1.29, 1.82) is 0 Å². The molecule has 2 heterocycles. The van der Waals surface area contributed by atoms with Gasteiger partial charge in [-0.3, -0.25) is 9.69 Å². The molecule has 1 unspecified atom stereocenters. The Morgan fingerprint density at radius 1 is 1.20 bits per heavy atom. The molecule has 1 aromatic carbocycles. The van der Waals surface area contributed by atoms with Crippen molar-refractivity contribution in [1.82, 2.24) is 0 Å². The van der Waals surface area contributed by atoms with Gasteiger partial charge in [-0.05, 0) is 30.9 Å². The van der Waals surface area contributed by atoms with Crippen LogP contribution in [0.5, 0.6) is 0 Å². The summed E-state index contributed by atoms with van der Waals surface area (Å²) < 4.78 is 56.6. The number of anilines is 1. The zero-order valence-electron chi connectivity index (χ0n) is 13.1. The third kappa shape index (κ3) is 3.44. The van der Waals surface area contributed by atoms with Gasteiger partial charge < -0.3 is 10.5 Å². The number of halogens is 2. The van der Waals surface area contributed by atoms with Crippen LogP contribution in [0.1, 0.15) is 24.3 Å². The summed E-state index contributed by atoms with van der Waals surface area (Å²) in [4.78, 5) is 23.8. The third-order valence-corrected chi connectivity index (χ3v) is 6.18. The highest BCUT2D eigenvalue weighted by Gasteiger charge is 2.37. The van der Waals surface area contributed by atoms with Gasteiger partial charge in [-0.1, -0.05) is 0 Å². The number of cyclic esters (lactones) is 1. The number of primary amides is 1. The predicted octanol–water partition coefficient (Wildman–Crippen LogP) is 1.07. The molecule has 0 radical (unpaired) electrons. The van der Waals surface area contributed by atoms with Crippen LogP contribution in [-0.4, -0.2) is 44.6 Å². The first-order valence-corrected chi connectivity index (χ1v) is 9.47. The molecule has 2 aliphatic rings. The molecule has 0 spiro atoms. The van der Waals surface area contributed by atoms with Gasteiger partial charge in [0, 0.05) is 5.56 Å². The minimum absolute atomic E-state index is 0.0871. The number of carbonyl (C=O) groups is 2. The number of nitrogens with two attached hydrogens (primary N) is 1. The molecule has 10 heteroatoms. The number of nitrogens with zero attached hydrogens (tertiary/aromatic N) is 1. The molecule has 7 nitrogen and oxygen atoms in total. The van der Waals surface area contributed by atoms with Crippen LogP contribution in [-0.2, 0) is 19.4 Å². The molecule has 25 heavy (non-hydrogen) atoms. The quantitative estimate of drug-likeness (QED) is 0.852. The van der Waals surface area contributed by atoms with Crippen LogP contribution in [0.2, 0.25) is 0 Å². The number of amides is 2. The van der Waals surface area contributed by atoms with E-state index >= 15 is 0 Å². The summed E-state index contributed by atoms with van der Waals surface area (Å²) in [5.41, 5.74) is 4.79. The Hall–Kier alpha value is -2.23. The van der Waals surface area contributed by atoms with Gasteiger partial charge in [-0.2, -0.15) is 0 Å². The van der Waals surface area contributed by atoms with Gasteiger partial charge in [0.15, 0.2) is 6.10 Å². The number of sulfone groups is 1. The lowest BCUT2D eigenvalue weighted by Crippen LogP contribution is -2.32. The highest BCUT2D eigenvalue weighted by atomic mass is 32.2. The van der Waals surface area contributed by atoms with Crippen LogP contribution >= 0.6 is 0 Å². The third-order valence-electron chi connectivity index (χ3n) is 4.47. The average molecular weight is 374 g/mol. The van der Waals surface area contributed by atoms with Gasteiger partial charge in [-0.25, -0.2) is 22.0 Å². The fourth-order valence-corrected chi connectivity index (χ4v) is 4.61. The number of hydrogen-bond acceptors (Lipinski definition) is 5. The maximum atomic E-state index is 14.5. The minimum atomic E-state index is -3.15. The minimum Gasteiger partial charge on any atom is -0.434 e. The molecule has 2 fully saturated rings. The van der Waals surface area contributed by atoms with Gasteiger partial charge in [0.1, 0.15) is 21.5 Å². The van der Waals surface area contributed by atoms with E-state index in [4.69, 9.17) is 10.5 Å². The molecular weight excluding hydrogens is 358 g/mol. The first-order valence-electron chi connectivity index (χ1n) is 7.65. The molecule has 3 rings (SSSR count). The number of ether oxygens (including phenoxy) is 1. The van der Waals surface area contributed by atoms with E-state index in [9.17, 15) is 26.8 Å². The normalized spacial score (nSPS) is 23.5. The van der Waals surface area contributed by atoms with Crippen molar-refractivity contribution in [2.24, 2.45) is 5.73 Å². The van der Waals surface area contributed by atoms with Gasteiger partial charge in [0.05, 0.1) is 23.7 Å². The Balaban J connectivity index is 1.86. The molecule has 136 valence electrons. The Bertz CT molecular complexity index is 805. The molecule has 0 aromatic heterocycles. The Morgan fingerprint density at radius 2 is 1.76 bits per heavy atom. The second kappa shape index (κ2) is 6.25. The van der Waals surface area contributed by atoms with Gasteiger partial charge in [-0.15, -0.1) is 0 Å². The second-order valence-corrected chi connectivity index (χ2v) is 8.44. The van der Waals surface area contributed by atoms with Crippen molar-refractivity contribution < 1.29 is 31.5 Å². The van der Waals surface area contributed by atoms with E-state index < -0.39 is 45.5 Å². The van der Waals surface area contributed by atoms with Crippen LogP contribution in [0.15, 0.2) is 12.1 Å². The summed E-state index contributed by atoms with van der Waals surface area (Å²) in [5.74, 6) is -3.35.